The van der Waals surface area contributed by atoms with Crippen LogP contribution >= 0.6 is 0 Å². The summed E-state index contributed by atoms with van der Waals surface area (Å²) in [5.41, 5.74) is 3.29. The van der Waals surface area contributed by atoms with E-state index in [9.17, 15) is 0 Å². The minimum atomic E-state index is 0.392. The van der Waals surface area contributed by atoms with Crippen LogP contribution in [-0.2, 0) is 0 Å². The Bertz CT molecular complexity index is 538. The third-order valence-corrected chi connectivity index (χ3v) is 3.39. The van der Waals surface area contributed by atoms with E-state index >= 15 is 0 Å². The molecule has 2 aromatic rings. The molecule has 2 heterocycles. The van der Waals surface area contributed by atoms with E-state index in [-0.39, 0.29) is 0 Å². The van der Waals surface area contributed by atoms with Crippen LogP contribution in [0, 0.1) is 13.8 Å². The Balaban J connectivity index is 2.27. The van der Waals surface area contributed by atoms with E-state index in [0.29, 0.717) is 17.8 Å². The summed E-state index contributed by atoms with van der Waals surface area (Å²) in [6.07, 6.45) is 1.65. The topological polar surface area (TPSA) is 51.0 Å². The van der Waals surface area contributed by atoms with Crippen LogP contribution in [-0.4, -0.2) is 22.6 Å². The normalized spacial score (nSPS) is 12.9. The highest BCUT2D eigenvalue weighted by Crippen LogP contribution is 2.24. The van der Waals surface area contributed by atoms with Crippen molar-refractivity contribution in [3.63, 3.8) is 0 Å². The van der Waals surface area contributed by atoms with Gasteiger partial charge in [-0.1, -0.05) is 20.8 Å². The van der Waals surface area contributed by atoms with Crippen LogP contribution < -0.4 is 5.32 Å². The van der Waals surface area contributed by atoms with Crippen molar-refractivity contribution in [3.05, 3.63) is 35.3 Å². The highest BCUT2D eigenvalue weighted by Gasteiger charge is 2.16. The summed E-state index contributed by atoms with van der Waals surface area (Å²) < 4.78 is 5.37. The standard InChI is InChI=1S/C16H23N3O/c1-10(2)17-9-11(3)15-12(4)18-16(19-13(15)5)14-7-6-8-20-14/h6-8,10-11,17H,9H2,1-5H3. The molecule has 0 saturated carbocycles. The first kappa shape index (κ1) is 14.7. The molecule has 0 spiro atoms. The second kappa shape index (κ2) is 6.18. The lowest BCUT2D eigenvalue weighted by Gasteiger charge is -2.19. The van der Waals surface area contributed by atoms with Crippen LogP contribution in [0.3, 0.4) is 0 Å². The maximum absolute atomic E-state index is 5.37. The molecule has 108 valence electrons. The molecule has 0 amide bonds. The van der Waals surface area contributed by atoms with Gasteiger partial charge in [0.1, 0.15) is 0 Å². The molecule has 0 bridgehead atoms. The Kier molecular flexibility index (Phi) is 4.55. The van der Waals surface area contributed by atoms with Crippen molar-refractivity contribution in [3.8, 4) is 11.6 Å². The number of hydrogen-bond donors (Lipinski definition) is 1. The van der Waals surface area contributed by atoms with Crippen molar-refractivity contribution in [1.29, 1.82) is 0 Å². The molecular weight excluding hydrogens is 250 g/mol. The van der Waals surface area contributed by atoms with Gasteiger partial charge in [0.05, 0.1) is 6.26 Å². The summed E-state index contributed by atoms with van der Waals surface area (Å²) >= 11 is 0. The molecule has 0 aliphatic carbocycles. The minimum absolute atomic E-state index is 0.392. The average Bonchev–Trinajstić information content (AvgIpc) is 2.89. The molecule has 2 rings (SSSR count). The fourth-order valence-corrected chi connectivity index (χ4v) is 2.47. The Labute approximate surface area is 120 Å². The summed E-state index contributed by atoms with van der Waals surface area (Å²) in [4.78, 5) is 9.18. The van der Waals surface area contributed by atoms with Gasteiger partial charge in [-0.2, -0.15) is 0 Å². The van der Waals surface area contributed by atoms with Gasteiger partial charge in [-0.15, -0.1) is 0 Å². The lowest BCUT2D eigenvalue weighted by Crippen LogP contribution is -2.27. The average molecular weight is 273 g/mol. The van der Waals surface area contributed by atoms with Gasteiger partial charge in [-0.3, -0.25) is 0 Å². The van der Waals surface area contributed by atoms with Crippen molar-refractivity contribution >= 4 is 0 Å². The first-order valence-corrected chi connectivity index (χ1v) is 7.11. The second-order valence-corrected chi connectivity index (χ2v) is 5.57. The summed E-state index contributed by atoms with van der Waals surface area (Å²) in [7, 11) is 0. The van der Waals surface area contributed by atoms with Crippen LogP contribution in [0.2, 0.25) is 0 Å². The van der Waals surface area contributed by atoms with Crippen LogP contribution in [0.15, 0.2) is 22.8 Å². The first-order chi connectivity index (χ1) is 9.49. The zero-order valence-corrected chi connectivity index (χ0v) is 12.9. The fraction of sp³-hybridized carbons (Fsp3) is 0.500. The largest absolute Gasteiger partial charge is 0.461 e. The number of furan rings is 1. The molecular formula is C16H23N3O. The maximum atomic E-state index is 5.37. The minimum Gasteiger partial charge on any atom is -0.461 e. The number of nitrogens with one attached hydrogen (secondary N) is 1. The van der Waals surface area contributed by atoms with Crippen molar-refractivity contribution in [2.75, 3.05) is 6.54 Å². The van der Waals surface area contributed by atoms with E-state index in [0.717, 1.165) is 23.7 Å². The van der Waals surface area contributed by atoms with E-state index < -0.39 is 0 Å². The van der Waals surface area contributed by atoms with Gasteiger partial charge in [0.25, 0.3) is 0 Å². The predicted molar refractivity (Wildman–Crippen MR) is 80.8 cm³/mol. The van der Waals surface area contributed by atoms with Gasteiger partial charge in [-0.05, 0) is 37.5 Å². The molecule has 1 atom stereocenters. The van der Waals surface area contributed by atoms with Crippen molar-refractivity contribution < 1.29 is 4.42 Å². The molecule has 0 fully saturated rings. The van der Waals surface area contributed by atoms with Gasteiger partial charge in [0.15, 0.2) is 11.6 Å². The summed E-state index contributed by atoms with van der Waals surface area (Å²) in [6.45, 7) is 11.5. The maximum Gasteiger partial charge on any atom is 0.196 e. The third-order valence-electron chi connectivity index (χ3n) is 3.39. The lowest BCUT2D eigenvalue weighted by atomic mass is 9.97. The van der Waals surface area contributed by atoms with E-state index in [1.54, 1.807) is 6.26 Å². The second-order valence-electron chi connectivity index (χ2n) is 5.57. The van der Waals surface area contributed by atoms with Gasteiger partial charge < -0.3 is 9.73 Å². The van der Waals surface area contributed by atoms with E-state index in [4.69, 9.17) is 4.42 Å². The molecule has 0 aromatic carbocycles. The zero-order valence-electron chi connectivity index (χ0n) is 12.9. The Hall–Kier alpha value is -1.68. The van der Waals surface area contributed by atoms with Gasteiger partial charge in [0.2, 0.25) is 0 Å². The lowest BCUT2D eigenvalue weighted by molar-refractivity contribution is 0.543. The molecule has 20 heavy (non-hydrogen) atoms. The fourth-order valence-electron chi connectivity index (χ4n) is 2.47. The molecule has 4 nitrogen and oxygen atoms in total. The number of nitrogens with zero attached hydrogens (tertiary/aromatic N) is 2. The molecule has 0 saturated heterocycles. The third kappa shape index (κ3) is 3.25. The van der Waals surface area contributed by atoms with Gasteiger partial charge in [-0.25, -0.2) is 9.97 Å². The van der Waals surface area contributed by atoms with Crippen LogP contribution in [0.1, 0.15) is 43.6 Å². The smallest absolute Gasteiger partial charge is 0.196 e. The molecule has 4 heteroatoms. The highest BCUT2D eigenvalue weighted by atomic mass is 16.3. The molecule has 0 aliphatic heterocycles. The number of hydrogen-bond acceptors (Lipinski definition) is 4. The monoisotopic (exact) mass is 273 g/mol. The summed E-state index contributed by atoms with van der Waals surface area (Å²) in [6, 6.07) is 4.23. The van der Waals surface area contributed by atoms with E-state index in [2.05, 4.69) is 36.1 Å². The van der Waals surface area contributed by atoms with Gasteiger partial charge >= 0.3 is 0 Å². The quantitative estimate of drug-likeness (QED) is 0.906. The Morgan fingerprint density at radius 2 is 1.80 bits per heavy atom. The molecule has 2 aromatic heterocycles. The van der Waals surface area contributed by atoms with Crippen LogP contribution in [0.25, 0.3) is 11.6 Å². The SMILES string of the molecule is Cc1nc(-c2ccco2)nc(C)c1C(C)CNC(C)C. The first-order valence-electron chi connectivity index (χ1n) is 7.11. The van der Waals surface area contributed by atoms with Crippen molar-refractivity contribution in [1.82, 2.24) is 15.3 Å². The van der Waals surface area contributed by atoms with Crippen LogP contribution in [0.5, 0.6) is 0 Å². The molecule has 0 radical (unpaired) electrons. The predicted octanol–water partition coefficient (Wildman–Crippen LogP) is 3.45. The Morgan fingerprint density at radius 3 is 2.30 bits per heavy atom. The van der Waals surface area contributed by atoms with E-state index in [1.807, 2.05) is 26.0 Å². The number of aromatic nitrogens is 2. The van der Waals surface area contributed by atoms with Gasteiger partial charge in [0, 0.05) is 24.0 Å². The van der Waals surface area contributed by atoms with Crippen LogP contribution in [0.4, 0.5) is 0 Å². The molecule has 0 aliphatic rings. The zero-order chi connectivity index (χ0) is 14.7. The molecule has 1 unspecified atom stereocenters. The number of rotatable bonds is 5. The summed E-state index contributed by atoms with van der Waals surface area (Å²) in [5, 5.41) is 3.47. The van der Waals surface area contributed by atoms with Crippen molar-refractivity contribution in [2.45, 2.75) is 46.6 Å². The number of aryl methyl sites for hydroxylation is 2. The van der Waals surface area contributed by atoms with E-state index in [1.165, 1.54) is 5.56 Å². The highest BCUT2D eigenvalue weighted by molar-refractivity contribution is 5.48. The van der Waals surface area contributed by atoms with Crippen molar-refractivity contribution in [2.24, 2.45) is 0 Å². The molecule has 1 N–H and O–H groups in total. The Morgan fingerprint density at radius 1 is 1.15 bits per heavy atom. The summed E-state index contributed by atoms with van der Waals surface area (Å²) in [5.74, 6) is 1.77.